The molecule has 4 nitrogen and oxygen atoms in total. The smallest absolute Gasteiger partial charge is 0.211 e. The maximum absolute atomic E-state index is 11.8. The molecule has 1 atom stereocenters. The molecule has 2 aliphatic rings. The van der Waals surface area contributed by atoms with Crippen molar-refractivity contribution >= 4 is 10.0 Å². The first kappa shape index (κ1) is 12.3. The number of sulfonamides is 1. The Balaban J connectivity index is 1.73. The molecule has 1 saturated carbocycles. The van der Waals surface area contributed by atoms with Crippen LogP contribution in [0.15, 0.2) is 0 Å². The number of hydrogen-bond acceptors (Lipinski definition) is 3. The molecule has 0 aromatic heterocycles. The molecular weight excluding hydrogens is 224 g/mol. The summed E-state index contributed by atoms with van der Waals surface area (Å²) in [4.78, 5) is 0. The van der Waals surface area contributed by atoms with Crippen molar-refractivity contribution in [3.63, 3.8) is 0 Å². The van der Waals surface area contributed by atoms with Gasteiger partial charge in [-0.25, -0.2) is 13.1 Å². The highest BCUT2D eigenvalue weighted by atomic mass is 32.2. The largest absolute Gasteiger partial charge is 0.316 e. The van der Waals surface area contributed by atoms with E-state index in [4.69, 9.17) is 0 Å². The van der Waals surface area contributed by atoms with Gasteiger partial charge in [-0.2, -0.15) is 0 Å². The number of hydrogen-bond donors (Lipinski definition) is 2. The standard InChI is InChI=1S/C11H22N2O2S/c14-16(15,9-11-5-6-12-7-11)13-8-10-3-1-2-4-10/h10-13H,1-9H2. The van der Waals surface area contributed by atoms with Crippen molar-refractivity contribution in [3.8, 4) is 0 Å². The van der Waals surface area contributed by atoms with Gasteiger partial charge in [-0.05, 0) is 44.2 Å². The Bertz CT molecular complexity index is 304. The van der Waals surface area contributed by atoms with Crippen LogP contribution in [0.3, 0.4) is 0 Å². The van der Waals surface area contributed by atoms with Gasteiger partial charge in [0.25, 0.3) is 0 Å². The Morgan fingerprint density at radius 2 is 1.88 bits per heavy atom. The third-order valence-electron chi connectivity index (χ3n) is 3.68. The molecular formula is C11H22N2O2S. The molecule has 2 rings (SSSR count). The van der Waals surface area contributed by atoms with Crippen LogP contribution in [0.5, 0.6) is 0 Å². The van der Waals surface area contributed by atoms with Crippen LogP contribution < -0.4 is 10.0 Å². The van der Waals surface area contributed by atoms with Crippen molar-refractivity contribution in [1.82, 2.24) is 10.0 Å². The summed E-state index contributed by atoms with van der Waals surface area (Å²) >= 11 is 0. The first-order valence-corrected chi connectivity index (χ1v) is 7.99. The summed E-state index contributed by atoms with van der Waals surface area (Å²) in [5.41, 5.74) is 0. The summed E-state index contributed by atoms with van der Waals surface area (Å²) in [6.45, 7) is 2.47. The van der Waals surface area contributed by atoms with Crippen LogP contribution in [-0.2, 0) is 10.0 Å². The molecule has 5 heteroatoms. The van der Waals surface area contributed by atoms with Gasteiger partial charge in [0, 0.05) is 6.54 Å². The van der Waals surface area contributed by atoms with Crippen LogP contribution in [0.2, 0.25) is 0 Å². The van der Waals surface area contributed by atoms with Crippen molar-refractivity contribution in [2.75, 3.05) is 25.4 Å². The van der Waals surface area contributed by atoms with Gasteiger partial charge in [0.15, 0.2) is 0 Å². The monoisotopic (exact) mass is 246 g/mol. The molecule has 0 bridgehead atoms. The first-order valence-electron chi connectivity index (χ1n) is 6.34. The molecule has 0 amide bonds. The van der Waals surface area contributed by atoms with E-state index in [0.717, 1.165) is 19.5 Å². The molecule has 2 N–H and O–H groups in total. The molecule has 16 heavy (non-hydrogen) atoms. The summed E-state index contributed by atoms with van der Waals surface area (Å²) in [5.74, 6) is 1.18. The molecule has 0 spiro atoms. The second kappa shape index (κ2) is 5.47. The number of rotatable bonds is 5. The van der Waals surface area contributed by atoms with Crippen molar-refractivity contribution in [3.05, 3.63) is 0 Å². The minimum atomic E-state index is -3.04. The third kappa shape index (κ3) is 3.71. The van der Waals surface area contributed by atoms with Crippen LogP contribution in [-0.4, -0.2) is 33.8 Å². The average molecular weight is 246 g/mol. The first-order chi connectivity index (χ1) is 7.66. The predicted octanol–water partition coefficient (Wildman–Crippen LogP) is 0.705. The van der Waals surface area contributed by atoms with E-state index in [1.54, 1.807) is 0 Å². The second-order valence-corrected chi connectivity index (χ2v) is 6.99. The lowest BCUT2D eigenvalue weighted by atomic mass is 10.1. The molecule has 1 heterocycles. The Morgan fingerprint density at radius 1 is 1.12 bits per heavy atom. The van der Waals surface area contributed by atoms with Gasteiger partial charge < -0.3 is 5.32 Å². The van der Waals surface area contributed by atoms with Crippen molar-refractivity contribution < 1.29 is 8.42 Å². The molecule has 1 unspecified atom stereocenters. The highest BCUT2D eigenvalue weighted by Crippen LogP contribution is 2.24. The molecule has 0 radical (unpaired) electrons. The predicted molar refractivity (Wildman–Crippen MR) is 64.7 cm³/mol. The number of nitrogens with one attached hydrogen (secondary N) is 2. The highest BCUT2D eigenvalue weighted by Gasteiger charge is 2.23. The molecule has 94 valence electrons. The fraction of sp³-hybridized carbons (Fsp3) is 1.00. The van der Waals surface area contributed by atoms with Gasteiger partial charge >= 0.3 is 0 Å². The van der Waals surface area contributed by atoms with Gasteiger partial charge in [0.1, 0.15) is 0 Å². The third-order valence-corrected chi connectivity index (χ3v) is 5.20. The molecule has 2 fully saturated rings. The lowest BCUT2D eigenvalue weighted by Gasteiger charge is -2.13. The van der Waals surface area contributed by atoms with E-state index < -0.39 is 10.0 Å². The SMILES string of the molecule is O=S(=O)(CC1CCNC1)NCC1CCCC1. The second-order valence-electron chi connectivity index (χ2n) is 5.14. The summed E-state index contributed by atoms with van der Waals surface area (Å²) in [6, 6.07) is 0. The fourth-order valence-corrected chi connectivity index (χ4v) is 4.20. The van der Waals surface area contributed by atoms with Crippen molar-refractivity contribution in [1.29, 1.82) is 0 Å². The van der Waals surface area contributed by atoms with Crippen LogP contribution in [0, 0.1) is 11.8 Å². The topological polar surface area (TPSA) is 58.2 Å². The van der Waals surface area contributed by atoms with Crippen LogP contribution in [0.4, 0.5) is 0 Å². The maximum Gasteiger partial charge on any atom is 0.211 e. The zero-order valence-corrected chi connectivity index (χ0v) is 10.6. The molecule has 1 aliphatic heterocycles. The summed E-state index contributed by atoms with van der Waals surface area (Å²) in [7, 11) is -3.04. The van der Waals surface area contributed by atoms with Crippen LogP contribution in [0.1, 0.15) is 32.1 Å². The maximum atomic E-state index is 11.8. The van der Waals surface area contributed by atoms with Gasteiger partial charge in [0.05, 0.1) is 5.75 Å². The fourth-order valence-electron chi connectivity index (χ4n) is 2.69. The van der Waals surface area contributed by atoms with Crippen LogP contribution in [0.25, 0.3) is 0 Å². The van der Waals surface area contributed by atoms with E-state index >= 15 is 0 Å². The molecule has 0 aromatic rings. The van der Waals surface area contributed by atoms with E-state index in [1.807, 2.05) is 0 Å². The zero-order valence-electron chi connectivity index (χ0n) is 9.74. The molecule has 1 saturated heterocycles. The van der Waals surface area contributed by atoms with Gasteiger partial charge in [-0.3, -0.25) is 0 Å². The van der Waals surface area contributed by atoms with E-state index in [2.05, 4.69) is 10.0 Å². The minimum absolute atomic E-state index is 0.298. The molecule has 1 aliphatic carbocycles. The minimum Gasteiger partial charge on any atom is -0.316 e. The van der Waals surface area contributed by atoms with Crippen LogP contribution >= 0.6 is 0 Å². The van der Waals surface area contributed by atoms with Gasteiger partial charge in [-0.15, -0.1) is 0 Å². The van der Waals surface area contributed by atoms with Crippen molar-refractivity contribution in [2.45, 2.75) is 32.1 Å². The Kier molecular flexibility index (Phi) is 4.21. The van der Waals surface area contributed by atoms with Gasteiger partial charge in [-0.1, -0.05) is 12.8 Å². The summed E-state index contributed by atoms with van der Waals surface area (Å²) in [6.07, 6.45) is 5.89. The quantitative estimate of drug-likeness (QED) is 0.751. The summed E-state index contributed by atoms with van der Waals surface area (Å²) < 4.78 is 26.4. The van der Waals surface area contributed by atoms with E-state index in [-0.39, 0.29) is 0 Å². The van der Waals surface area contributed by atoms with Gasteiger partial charge in [0.2, 0.25) is 10.0 Å². The normalized spacial score (nSPS) is 27.6. The summed E-state index contributed by atoms with van der Waals surface area (Å²) in [5, 5.41) is 3.20. The lowest BCUT2D eigenvalue weighted by Crippen LogP contribution is -2.33. The zero-order chi connectivity index (χ0) is 11.4. The van der Waals surface area contributed by atoms with E-state index in [1.165, 1.54) is 25.7 Å². The van der Waals surface area contributed by atoms with E-state index in [9.17, 15) is 8.42 Å². The Hall–Kier alpha value is -0.130. The Labute approximate surface area is 98.2 Å². The molecule has 0 aromatic carbocycles. The van der Waals surface area contributed by atoms with E-state index in [0.29, 0.717) is 24.1 Å². The average Bonchev–Trinajstić information content (AvgIpc) is 2.85. The Morgan fingerprint density at radius 3 is 2.50 bits per heavy atom. The lowest BCUT2D eigenvalue weighted by molar-refractivity contribution is 0.512. The highest BCUT2D eigenvalue weighted by molar-refractivity contribution is 7.89. The van der Waals surface area contributed by atoms with Crippen molar-refractivity contribution in [2.24, 2.45) is 11.8 Å².